The van der Waals surface area contributed by atoms with Crippen molar-refractivity contribution in [3.05, 3.63) is 58.8 Å². The Balaban J connectivity index is 1.96. The van der Waals surface area contributed by atoms with Crippen LogP contribution in [0.2, 0.25) is 0 Å². The molecule has 1 atom stereocenters. The molecule has 0 saturated heterocycles. The Morgan fingerprint density at radius 3 is 2.60 bits per heavy atom. The number of halogens is 2. The third-order valence-corrected chi connectivity index (χ3v) is 3.08. The molecule has 20 heavy (non-hydrogen) atoms. The molecular formula is C15H13BrFNO2. The molecule has 1 N–H and O–H groups in total. The van der Waals surface area contributed by atoms with Gasteiger partial charge < -0.3 is 10.1 Å². The summed E-state index contributed by atoms with van der Waals surface area (Å²) < 4.78 is 19.1. The fourth-order valence-electron chi connectivity index (χ4n) is 1.58. The standard InChI is InChI=1S/C15H13BrFNO2/c1-10(20-14-7-5-12(17)6-8-14)15(19)18-13-4-2-3-11(16)9-13/h2-10H,1H3,(H,18,19)/t10-/m0/s1. The third kappa shape index (κ3) is 4.06. The molecule has 1 amide bonds. The highest BCUT2D eigenvalue weighted by molar-refractivity contribution is 9.10. The van der Waals surface area contributed by atoms with Crippen molar-refractivity contribution in [1.82, 2.24) is 0 Å². The van der Waals surface area contributed by atoms with Crippen molar-refractivity contribution in [3.63, 3.8) is 0 Å². The first-order chi connectivity index (χ1) is 9.54. The summed E-state index contributed by atoms with van der Waals surface area (Å²) >= 11 is 3.33. The van der Waals surface area contributed by atoms with Gasteiger partial charge in [0.05, 0.1) is 0 Å². The Kier molecular flexibility index (Phi) is 4.74. The fourth-order valence-corrected chi connectivity index (χ4v) is 1.98. The number of carbonyl (C=O) groups excluding carboxylic acids is 1. The molecular weight excluding hydrogens is 325 g/mol. The molecule has 3 nitrogen and oxygen atoms in total. The van der Waals surface area contributed by atoms with E-state index < -0.39 is 6.10 Å². The van der Waals surface area contributed by atoms with Gasteiger partial charge in [-0.3, -0.25) is 4.79 Å². The van der Waals surface area contributed by atoms with E-state index in [0.717, 1.165) is 4.47 Å². The number of nitrogens with one attached hydrogen (secondary N) is 1. The number of anilines is 1. The first-order valence-electron chi connectivity index (χ1n) is 6.03. The van der Waals surface area contributed by atoms with Crippen molar-refractivity contribution >= 4 is 27.5 Å². The van der Waals surface area contributed by atoms with Crippen LogP contribution in [-0.4, -0.2) is 12.0 Å². The molecule has 0 saturated carbocycles. The molecule has 0 radical (unpaired) electrons. The van der Waals surface area contributed by atoms with E-state index in [-0.39, 0.29) is 11.7 Å². The lowest BCUT2D eigenvalue weighted by atomic mass is 10.3. The minimum atomic E-state index is -0.681. The van der Waals surface area contributed by atoms with Crippen LogP contribution in [0.3, 0.4) is 0 Å². The summed E-state index contributed by atoms with van der Waals surface area (Å²) in [5, 5.41) is 2.75. The van der Waals surface area contributed by atoms with Gasteiger partial charge in [-0.15, -0.1) is 0 Å². The predicted octanol–water partition coefficient (Wildman–Crippen LogP) is 3.99. The van der Waals surface area contributed by atoms with E-state index >= 15 is 0 Å². The molecule has 2 rings (SSSR count). The van der Waals surface area contributed by atoms with Gasteiger partial charge in [0.25, 0.3) is 5.91 Å². The lowest BCUT2D eigenvalue weighted by Gasteiger charge is -2.14. The van der Waals surface area contributed by atoms with Gasteiger partial charge in [-0.2, -0.15) is 0 Å². The lowest BCUT2D eigenvalue weighted by molar-refractivity contribution is -0.122. The summed E-state index contributed by atoms with van der Waals surface area (Å²) in [6.45, 7) is 1.64. The van der Waals surface area contributed by atoms with Gasteiger partial charge in [0.1, 0.15) is 11.6 Å². The second-order valence-corrected chi connectivity index (χ2v) is 5.13. The molecule has 0 aliphatic heterocycles. The maximum absolute atomic E-state index is 12.8. The highest BCUT2D eigenvalue weighted by Gasteiger charge is 2.14. The second kappa shape index (κ2) is 6.52. The van der Waals surface area contributed by atoms with Crippen LogP contribution in [0.25, 0.3) is 0 Å². The monoisotopic (exact) mass is 337 g/mol. The number of carbonyl (C=O) groups is 1. The zero-order valence-electron chi connectivity index (χ0n) is 10.8. The first kappa shape index (κ1) is 14.5. The number of benzene rings is 2. The van der Waals surface area contributed by atoms with Crippen molar-refractivity contribution in [3.8, 4) is 5.75 Å². The maximum Gasteiger partial charge on any atom is 0.265 e. The van der Waals surface area contributed by atoms with Crippen molar-refractivity contribution in [2.75, 3.05) is 5.32 Å². The smallest absolute Gasteiger partial charge is 0.265 e. The van der Waals surface area contributed by atoms with E-state index in [1.165, 1.54) is 24.3 Å². The third-order valence-electron chi connectivity index (χ3n) is 2.59. The topological polar surface area (TPSA) is 38.3 Å². The quantitative estimate of drug-likeness (QED) is 0.915. The van der Waals surface area contributed by atoms with Crippen LogP contribution in [0.15, 0.2) is 53.0 Å². The number of hydrogen-bond donors (Lipinski definition) is 1. The zero-order chi connectivity index (χ0) is 14.5. The normalized spacial score (nSPS) is 11.8. The molecule has 0 aromatic heterocycles. The van der Waals surface area contributed by atoms with Crippen LogP contribution >= 0.6 is 15.9 Å². The highest BCUT2D eigenvalue weighted by Crippen LogP contribution is 2.17. The van der Waals surface area contributed by atoms with E-state index in [2.05, 4.69) is 21.2 Å². The highest BCUT2D eigenvalue weighted by atomic mass is 79.9. The van der Waals surface area contributed by atoms with Gasteiger partial charge in [0.15, 0.2) is 6.10 Å². The Morgan fingerprint density at radius 2 is 1.95 bits per heavy atom. The second-order valence-electron chi connectivity index (χ2n) is 4.21. The summed E-state index contributed by atoms with van der Waals surface area (Å²) in [7, 11) is 0. The van der Waals surface area contributed by atoms with E-state index in [9.17, 15) is 9.18 Å². The lowest BCUT2D eigenvalue weighted by Crippen LogP contribution is -2.30. The Morgan fingerprint density at radius 1 is 1.25 bits per heavy atom. The maximum atomic E-state index is 12.8. The predicted molar refractivity (Wildman–Crippen MR) is 79.3 cm³/mol. The van der Waals surface area contributed by atoms with Crippen LogP contribution in [-0.2, 0) is 4.79 Å². The average molecular weight is 338 g/mol. The van der Waals surface area contributed by atoms with Crippen molar-refractivity contribution < 1.29 is 13.9 Å². The van der Waals surface area contributed by atoms with Gasteiger partial charge in [-0.25, -0.2) is 4.39 Å². The first-order valence-corrected chi connectivity index (χ1v) is 6.82. The van der Waals surface area contributed by atoms with E-state index in [1.54, 1.807) is 19.1 Å². The Bertz CT molecular complexity index is 601. The molecule has 2 aromatic rings. The number of hydrogen-bond acceptors (Lipinski definition) is 2. The van der Waals surface area contributed by atoms with E-state index in [4.69, 9.17) is 4.74 Å². The van der Waals surface area contributed by atoms with Crippen molar-refractivity contribution in [2.45, 2.75) is 13.0 Å². The number of ether oxygens (including phenoxy) is 1. The van der Waals surface area contributed by atoms with E-state index in [1.807, 2.05) is 12.1 Å². The van der Waals surface area contributed by atoms with Crippen molar-refractivity contribution in [2.24, 2.45) is 0 Å². The molecule has 0 spiro atoms. The van der Waals surface area contributed by atoms with Gasteiger partial charge in [-0.1, -0.05) is 22.0 Å². The van der Waals surface area contributed by atoms with Crippen LogP contribution in [0.5, 0.6) is 5.75 Å². The van der Waals surface area contributed by atoms with E-state index in [0.29, 0.717) is 11.4 Å². The number of rotatable bonds is 4. The molecule has 0 aliphatic carbocycles. The summed E-state index contributed by atoms with van der Waals surface area (Å²) in [6.07, 6.45) is -0.681. The largest absolute Gasteiger partial charge is 0.481 e. The summed E-state index contributed by atoms with van der Waals surface area (Å²) in [6, 6.07) is 12.8. The molecule has 0 unspecified atom stereocenters. The molecule has 0 heterocycles. The zero-order valence-corrected chi connectivity index (χ0v) is 12.4. The van der Waals surface area contributed by atoms with Gasteiger partial charge >= 0.3 is 0 Å². The Hall–Kier alpha value is -1.88. The fraction of sp³-hybridized carbons (Fsp3) is 0.133. The van der Waals surface area contributed by atoms with Crippen LogP contribution in [0, 0.1) is 5.82 Å². The van der Waals surface area contributed by atoms with Crippen LogP contribution in [0.4, 0.5) is 10.1 Å². The van der Waals surface area contributed by atoms with Gasteiger partial charge in [0.2, 0.25) is 0 Å². The molecule has 2 aromatic carbocycles. The molecule has 104 valence electrons. The minimum absolute atomic E-state index is 0.271. The molecule has 0 bridgehead atoms. The van der Waals surface area contributed by atoms with Crippen molar-refractivity contribution in [1.29, 1.82) is 0 Å². The SMILES string of the molecule is C[C@H](Oc1ccc(F)cc1)C(=O)Nc1cccc(Br)c1. The summed E-state index contributed by atoms with van der Waals surface area (Å²) in [5.74, 6) is -0.167. The van der Waals surface area contributed by atoms with Gasteiger partial charge in [0, 0.05) is 10.2 Å². The summed E-state index contributed by atoms with van der Waals surface area (Å²) in [4.78, 5) is 12.0. The molecule has 0 fully saturated rings. The Labute approximate surface area is 124 Å². The van der Waals surface area contributed by atoms with Crippen LogP contribution < -0.4 is 10.1 Å². The molecule has 0 aliphatic rings. The van der Waals surface area contributed by atoms with Crippen LogP contribution in [0.1, 0.15) is 6.92 Å². The average Bonchev–Trinajstić information content (AvgIpc) is 2.41. The summed E-state index contributed by atoms with van der Waals surface area (Å²) in [5.41, 5.74) is 0.680. The molecule has 5 heteroatoms. The minimum Gasteiger partial charge on any atom is -0.481 e. The number of amides is 1. The van der Waals surface area contributed by atoms with Gasteiger partial charge in [-0.05, 0) is 49.4 Å².